The lowest BCUT2D eigenvalue weighted by Crippen LogP contribution is -2.50. The Morgan fingerprint density at radius 1 is 0.733 bits per heavy atom. The summed E-state index contributed by atoms with van der Waals surface area (Å²) >= 11 is 0. The van der Waals surface area contributed by atoms with Gasteiger partial charge in [-0.15, -0.1) is 0 Å². The van der Waals surface area contributed by atoms with Crippen LogP contribution in [0.4, 0.5) is 0 Å². The molecule has 0 aromatic heterocycles. The van der Waals surface area contributed by atoms with Gasteiger partial charge in [-0.25, -0.2) is 0 Å². The number of benzene rings is 5. The van der Waals surface area contributed by atoms with E-state index in [1.54, 1.807) is 24.3 Å². The number of aliphatic hydroxyl groups is 1. The van der Waals surface area contributed by atoms with Crippen molar-refractivity contribution >= 4 is 5.78 Å². The third kappa shape index (κ3) is 6.79. The van der Waals surface area contributed by atoms with Crippen molar-refractivity contribution in [1.82, 2.24) is 0 Å². The predicted octanol–water partition coefficient (Wildman–Crippen LogP) is 7.13. The fraction of sp³-hybridized carbons (Fsp3) is 0.184. The molecule has 0 amide bonds. The van der Waals surface area contributed by atoms with Crippen LogP contribution >= 0.6 is 0 Å². The van der Waals surface area contributed by atoms with E-state index in [0.29, 0.717) is 35.0 Å². The zero-order valence-electron chi connectivity index (χ0n) is 24.9. The second-order valence-corrected chi connectivity index (χ2v) is 11.1. The Morgan fingerprint density at radius 2 is 1.27 bits per heavy atom. The number of hydrogen-bond acceptors (Lipinski definition) is 7. The highest BCUT2D eigenvalue weighted by molar-refractivity contribution is 5.87. The number of ether oxygens (including phenoxy) is 4. The fourth-order valence-corrected chi connectivity index (χ4v) is 5.35. The van der Waals surface area contributed by atoms with Crippen LogP contribution in [0.15, 0.2) is 121 Å². The number of aromatic hydroxyl groups is 1. The number of rotatable bonds is 11. The average Bonchev–Trinajstić information content (AvgIpc) is 3.07. The summed E-state index contributed by atoms with van der Waals surface area (Å²) in [4.78, 5) is 13.1. The summed E-state index contributed by atoms with van der Waals surface area (Å²) in [6.07, 6.45) is -1.14. The molecule has 45 heavy (non-hydrogen) atoms. The van der Waals surface area contributed by atoms with Gasteiger partial charge in [0.1, 0.15) is 37.1 Å². The minimum atomic E-state index is -1.92. The molecule has 1 heterocycles. The van der Waals surface area contributed by atoms with Crippen LogP contribution in [0.3, 0.4) is 0 Å². The van der Waals surface area contributed by atoms with Crippen molar-refractivity contribution in [2.24, 2.45) is 0 Å². The van der Waals surface area contributed by atoms with Gasteiger partial charge >= 0.3 is 0 Å². The first-order valence-electron chi connectivity index (χ1n) is 14.8. The van der Waals surface area contributed by atoms with Gasteiger partial charge in [-0.1, -0.05) is 97.1 Å². The maximum Gasteiger partial charge on any atom is 0.167 e. The molecule has 0 radical (unpaired) electrons. The second-order valence-electron chi connectivity index (χ2n) is 11.1. The Bertz CT molecular complexity index is 1760. The number of phenolic OH excluding ortho intramolecular Hbond substituents is 1. The highest BCUT2D eigenvalue weighted by atomic mass is 16.5. The van der Waals surface area contributed by atoms with Gasteiger partial charge in [0.25, 0.3) is 0 Å². The predicted molar refractivity (Wildman–Crippen MR) is 170 cm³/mol. The van der Waals surface area contributed by atoms with Gasteiger partial charge in [-0.2, -0.15) is 0 Å². The van der Waals surface area contributed by atoms with Crippen LogP contribution in [-0.2, 0) is 31.0 Å². The fourth-order valence-electron chi connectivity index (χ4n) is 5.35. The molecule has 0 aliphatic carbocycles. The van der Waals surface area contributed by atoms with Crippen molar-refractivity contribution in [3.05, 3.63) is 149 Å². The lowest BCUT2D eigenvalue weighted by molar-refractivity contribution is -0.149. The maximum atomic E-state index is 13.1. The van der Waals surface area contributed by atoms with E-state index in [2.05, 4.69) is 0 Å². The molecular formula is C38H34O7. The van der Waals surface area contributed by atoms with Crippen molar-refractivity contribution in [2.45, 2.75) is 44.9 Å². The van der Waals surface area contributed by atoms with E-state index >= 15 is 0 Å². The average molecular weight is 603 g/mol. The molecule has 5 aromatic carbocycles. The summed E-state index contributed by atoms with van der Waals surface area (Å²) in [5, 5.41) is 22.5. The third-order valence-electron chi connectivity index (χ3n) is 7.89. The van der Waals surface area contributed by atoms with Crippen LogP contribution in [0.25, 0.3) is 0 Å². The quantitative estimate of drug-likeness (QED) is 0.166. The molecule has 0 saturated carbocycles. The van der Waals surface area contributed by atoms with Crippen LogP contribution in [0.2, 0.25) is 0 Å². The molecule has 7 heteroatoms. The molecule has 5 aromatic rings. The number of carbonyl (C=O) groups is 1. The molecule has 0 fully saturated rings. The first-order chi connectivity index (χ1) is 21.9. The molecule has 0 saturated heterocycles. The van der Waals surface area contributed by atoms with Crippen molar-refractivity contribution in [3.63, 3.8) is 0 Å². The molecular weight excluding hydrogens is 568 g/mol. The summed E-state index contributed by atoms with van der Waals surface area (Å²) in [6.45, 7) is 2.18. The molecule has 2 atom stereocenters. The van der Waals surface area contributed by atoms with E-state index in [4.69, 9.17) is 18.9 Å². The third-order valence-corrected chi connectivity index (χ3v) is 7.89. The highest BCUT2D eigenvalue weighted by Crippen LogP contribution is 2.48. The van der Waals surface area contributed by atoms with E-state index in [-0.39, 0.29) is 31.1 Å². The van der Waals surface area contributed by atoms with E-state index < -0.39 is 17.5 Å². The topological polar surface area (TPSA) is 94.5 Å². The standard InChI is InChI=1S/C38H34O7/c1-26(39)38(41)22-32-34(43-24-28-13-7-3-8-14-28)20-31(42-23-27-11-5-2-6-12-27)21-35(32)45-37(38)30-17-18-33(40)36(19-30)44-25-29-15-9-4-10-16-29/h2-21,37,40-41H,22-25H2,1H3/t37-,38-/m1/s1. The molecule has 0 unspecified atom stereocenters. The number of hydrogen-bond donors (Lipinski definition) is 2. The summed E-state index contributed by atoms with van der Waals surface area (Å²) in [5.74, 6) is 1.09. The van der Waals surface area contributed by atoms with Crippen molar-refractivity contribution in [3.8, 4) is 28.7 Å². The van der Waals surface area contributed by atoms with Gasteiger partial charge in [0.15, 0.2) is 29.0 Å². The zero-order chi connectivity index (χ0) is 31.2. The Balaban J connectivity index is 1.34. The van der Waals surface area contributed by atoms with Crippen LogP contribution < -0.4 is 18.9 Å². The van der Waals surface area contributed by atoms with Gasteiger partial charge in [0.05, 0.1) is 0 Å². The first kappa shape index (κ1) is 29.8. The van der Waals surface area contributed by atoms with Crippen molar-refractivity contribution in [2.75, 3.05) is 0 Å². The SMILES string of the molecule is CC(=O)[C@]1(O)Cc2c(OCc3ccccc3)cc(OCc3ccccc3)cc2O[C@@H]1c1ccc(O)c(OCc2ccccc2)c1. The summed E-state index contributed by atoms with van der Waals surface area (Å²) < 4.78 is 24.8. The molecule has 6 rings (SSSR count). The number of ketones is 1. The van der Waals surface area contributed by atoms with Gasteiger partial charge < -0.3 is 29.2 Å². The van der Waals surface area contributed by atoms with Gasteiger partial charge in [0.2, 0.25) is 0 Å². The van der Waals surface area contributed by atoms with Gasteiger partial charge in [0, 0.05) is 24.1 Å². The second kappa shape index (κ2) is 13.2. The first-order valence-corrected chi connectivity index (χ1v) is 14.8. The lowest BCUT2D eigenvalue weighted by Gasteiger charge is -2.40. The van der Waals surface area contributed by atoms with E-state index in [1.165, 1.54) is 13.0 Å². The number of carbonyl (C=O) groups excluding carboxylic acids is 1. The van der Waals surface area contributed by atoms with E-state index in [1.807, 2.05) is 91.0 Å². The van der Waals surface area contributed by atoms with Crippen LogP contribution in [0.5, 0.6) is 28.7 Å². The summed E-state index contributed by atoms with van der Waals surface area (Å²) in [7, 11) is 0. The highest BCUT2D eigenvalue weighted by Gasteiger charge is 2.49. The summed E-state index contributed by atoms with van der Waals surface area (Å²) in [5.41, 5.74) is 2.01. The number of fused-ring (bicyclic) bond motifs is 1. The molecule has 7 nitrogen and oxygen atoms in total. The molecule has 0 spiro atoms. The zero-order valence-corrected chi connectivity index (χ0v) is 24.9. The Kier molecular flexibility index (Phi) is 8.71. The Labute approximate surface area is 262 Å². The molecule has 0 bridgehead atoms. The largest absolute Gasteiger partial charge is 0.504 e. The normalized spacial score (nSPS) is 17.1. The molecule has 2 N–H and O–H groups in total. The molecule has 1 aliphatic rings. The minimum absolute atomic E-state index is 0.0491. The molecule has 1 aliphatic heterocycles. The Hall–Kier alpha value is -5.27. The van der Waals surface area contributed by atoms with Gasteiger partial charge in [-0.3, -0.25) is 4.79 Å². The minimum Gasteiger partial charge on any atom is -0.504 e. The van der Waals surface area contributed by atoms with E-state index in [0.717, 1.165) is 16.7 Å². The van der Waals surface area contributed by atoms with Crippen molar-refractivity contribution < 1.29 is 34.0 Å². The van der Waals surface area contributed by atoms with Crippen molar-refractivity contribution in [1.29, 1.82) is 0 Å². The maximum absolute atomic E-state index is 13.1. The summed E-state index contributed by atoms with van der Waals surface area (Å²) in [6, 6.07) is 37.3. The van der Waals surface area contributed by atoms with Crippen LogP contribution in [-0.4, -0.2) is 21.6 Å². The lowest BCUT2D eigenvalue weighted by atomic mass is 9.79. The van der Waals surface area contributed by atoms with Crippen LogP contribution in [0, 0.1) is 0 Å². The van der Waals surface area contributed by atoms with Gasteiger partial charge in [-0.05, 0) is 41.3 Å². The Morgan fingerprint density at radius 3 is 1.82 bits per heavy atom. The molecule has 228 valence electrons. The smallest absolute Gasteiger partial charge is 0.167 e. The number of Topliss-reactive ketones (excluding diaryl/α,β-unsaturated/α-hetero) is 1. The monoisotopic (exact) mass is 602 g/mol. The van der Waals surface area contributed by atoms with Crippen LogP contribution in [0.1, 0.15) is 40.8 Å². The van der Waals surface area contributed by atoms with E-state index in [9.17, 15) is 15.0 Å². The number of phenols is 1.